The number of rotatable bonds is 3. The minimum Gasteiger partial charge on any atom is -0.495 e. The van der Waals surface area contributed by atoms with Gasteiger partial charge in [0, 0.05) is 26.2 Å². The normalized spacial score (nSPS) is 16.4. The molecule has 0 atom stereocenters. The number of ether oxygens (including phenoxy) is 1. The third-order valence-electron chi connectivity index (χ3n) is 3.33. The Bertz CT molecular complexity index is 370. The van der Waals surface area contributed by atoms with E-state index < -0.39 is 0 Å². The van der Waals surface area contributed by atoms with Gasteiger partial charge in [-0.3, -0.25) is 0 Å². The molecule has 1 aliphatic heterocycles. The lowest BCUT2D eigenvalue weighted by molar-refractivity contribution is 0.412. The van der Waals surface area contributed by atoms with Gasteiger partial charge in [-0.1, -0.05) is 19.9 Å². The molecule has 94 valence electrons. The second-order valence-electron chi connectivity index (χ2n) is 4.82. The van der Waals surface area contributed by atoms with Crippen molar-refractivity contribution in [3.8, 4) is 5.75 Å². The fourth-order valence-electron chi connectivity index (χ4n) is 2.22. The van der Waals surface area contributed by atoms with Gasteiger partial charge in [-0.25, -0.2) is 0 Å². The van der Waals surface area contributed by atoms with Crippen LogP contribution in [0.25, 0.3) is 0 Å². The topological polar surface area (TPSA) is 24.5 Å². The summed E-state index contributed by atoms with van der Waals surface area (Å²) in [7, 11) is 1.76. The van der Waals surface area contributed by atoms with Crippen molar-refractivity contribution in [3.05, 3.63) is 23.8 Å². The maximum absolute atomic E-state index is 5.53. The van der Waals surface area contributed by atoms with Gasteiger partial charge in [0.05, 0.1) is 12.8 Å². The molecule has 0 spiro atoms. The average molecular weight is 234 g/mol. The number of piperazine rings is 1. The highest BCUT2D eigenvalue weighted by molar-refractivity contribution is 5.60. The van der Waals surface area contributed by atoms with Crippen molar-refractivity contribution in [2.45, 2.75) is 19.8 Å². The first-order valence-electron chi connectivity index (χ1n) is 6.36. The van der Waals surface area contributed by atoms with E-state index in [-0.39, 0.29) is 0 Å². The number of nitrogens with one attached hydrogen (secondary N) is 1. The number of methoxy groups -OCH3 is 1. The Morgan fingerprint density at radius 2 is 1.94 bits per heavy atom. The lowest BCUT2D eigenvalue weighted by Crippen LogP contribution is -2.43. The SMILES string of the molecule is COc1cc(C(C)C)ccc1N1CCNCC1. The molecular weight excluding hydrogens is 212 g/mol. The fourth-order valence-corrected chi connectivity index (χ4v) is 2.22. The lowest BCUT2D eigenvalue weighted by Gasteiger charge is -2.31. The van der Waals surface area contributed by atoms with E-state index in [9.17, 15) is 0 Å². The molecule has 1 aromatic rings. The van der Waals surface area contributed by atoms with Gasteiger partial charge in [-0.2, -0.15) is 0 Å². The highest BCUT2D eigenvalue weighted by Gasteiger charge is 2.15. The highest BCUT2D eigenvalue weighted by atomic mass is 16.5. The minimum absolute atomic E-state index is 0.543. The molecule has 1 aromatic carbocycles. The van der Waals surface area contributed by atoms with Crippen molar-refractivity contribution in [2.24, 2.45) is 0 Å². The zero-order valence-corrected chi connectivity index (χ0v) is 11.0. The van der Waals surface area contributed by atoms with E-state index in [4.69, 9.17) is 4.74 Å². The Morgan fingerprint density at radius 1 is 1.24 bits per heavy atom. The molecule has 0 bridgehead atoms. The van der Waals surface area contributed by atoms with Crippen LogP contribution in [0.4, 0.5) is 5.69 Å². The summed E-state index contributed by atoms with van der Waals surface area (Å²) >= 11 is 0. The van der Waals surface area contributed by atoms with E-state index in [2.05, 4.69) is 42.3 Å². The number of benzene rings is 1. The summed E-state index contributed by atoms with van der Waals surface area (Å²) in [6.45, 7) is 8.62. The van der Waals surface area contributed by atoms with Crippen molar-refractivity contribution in [3.63, 3.8) is 0 Å². The van der Waals surface area contributed by atoms with Crippen LogP contribution in [0, 0.1) is 0 Å². The Balaban J connectivity index is 2.26. The predicted octanol–water partition coefficient (Wildman–Crippen LogP) is 2.23. The minimum atomic E-state index is 0.543. The summed E-state index contributed by atoms with van der Waals surface area (Å²) in [6.07, 6.45) is 0. The quantitative estimate of drug-likeness (QED) is 0.868. The van der Waals surface area contributed by atoms with Crippen molar-refractivity contribution >= 4 is 5.69 Å². The first-order chi connectivity index (χ1) is 8.22. The van der Waals surface area contributed by atoms with Crippen molar-refractivity contribution in [2.75, 3.05) is 38.2 Å². The lowest BCUT2D eigenvalue weighted by atomic mass is 10.0. The number of hydrogen-bond donors (Lipinski definition) is 1. The van der Waals surface area contributed by atoms with Gasteiger partial charge < -0.3 is 15.0 Å². The second-order valence-corrected chi connectivity index (χ2v) is 4.82. The van der Waals surface area contributed by atoms with E-state index in [1.54, 1.807) is 7.11 Å². The Morgan fingerprint density at radius 3 is 2.53 bits per heavy atom. The molecule has 1 saturated heterocycles. The van der Waals surface area contributed by atoms with Crippen LogP contribution < -0.4 is 15.0 Å². The van der Waals surface area contributed by atoms with E-state index in [0.717, 1.165) is 31.9 Å². The van der Waals surface area contributed by atoms with Gasteiger partial charge in [0.15, 0.2) is 0 Å². The van der Waals surface area contributed by atoms with Crippen molar-refractivity contribution < 1.29 is 4.74 Å². The molecule has 0 unspecified atom stereocenters. The maximum Gasteiger partial charge on any atom is 0.142 e. The van der Waals surface area contributed by atoms with E-state index >= 15 is 0 Å². The molecule has 1 N–H and O–H groups in total. The summed E-state index contributed by atoms with van der Waals surface area (Å²) in [5.74, 6) is 1.54. The van der Waals surface area contributed by atoms with Gasteiger partial charge in [0.1, 0.15) is 5.75 Å². The molecule has 1 fully saturated rings. The van der Waals surface area contributed by atoms with Crippen LogP contribution in [0.5, 0.6) is 5.75 Å². The average Bonchev–Trinajstić information content (AvgIpc) is 2.39. The first kappa shape index (κ1) is 12.2. The predicted molar refractivity (Wildman–Crippen MR) is 72.2 cm³/mol. The molecule has 0 aromatic heterocycles. The standard InChI is InChI=1S/C14H22N2O/c1-11(2)12-4-5-13(14(10-12)17-3)16-8-6-15-7-9-16/h4-5,10-11,15H,6-9H2,1-3H3. The molecule has 1 heterocycles. The fraction of sp³-hybridized carbons (Fsp3) is 0.571. The Hall–Kier alpha value is -1.22. The molecule has 17 heavy (non-hydrogen) atoms. The second kappa shape index (κ2) is 5.41. The number of hydrogen-bond acceptors (Lipinski definition) is 3. The van der Waals surface area contributed by atoms with Gasteiger partial charge in [0.25, 0.3) is 0 Å². The zero-order valence-electron chi connectivity index (χ0n) is 11.0. The zero-order chi connectivity index (χ0) is 12.3. The van der Waals surface area contributed by atoms with Gasteiger partial charge >= 0.3 is 0 Å². The van der Waals surface area contributed by atoms with Crippen LogP contribution >= 0.6 is 0 Å². The molecule has 0 amide bonds. The third kappa shape index (κ3) is 2.72. The van der Waals surface area contributed by atoms with Gasteiger partial charge in [-0.15, -0.1) is 0 Å². The molecular formula is C14H22N2O. The molecule has 0 saturated carbocycles. The van der Waals surface area contributed by atoms with Crippen LogP contribution in [0.2, 0.25) is 0 Å². The Labute approximate surface area is 104 Å². The van der Waals surface area contributed by atoms with Crippen molar-refractivity contribution in [1.82, 2.24) is 5.32 Å². The van der Waals surface area contributed by atoms with Crippen LogP contribution in [0.1, 0.15) is 25.3 Å². The summed E-state index contributed by atoms with van der Waals surface area (Å²) in [5, 5.41) is 3.37. The van der Waals surface area contributed by atoms with Crippen LogP contribution in [0.15, 0.2) is 18.2 Å². The summed E-state index contributed by atoms with van der Waals surface area (Å²) < 4.78 is 5.53. The first-order valence-corrected chi connectivity index (χ1v) is 6.36. The molecule has 3 heteroatoms. The van der Waals surface area contributed by atoms with Crippen LogP contribution in [0.3, 0.4) is 0 Å². The van der Waals surface area contributed by atoms with E-state index in [0.29, 0.717) is 5.92 Å². The van der Waals surface area contributed by atoms with Crippen LogP contribution in [-0.4, -0.2) is 33.3 Å². The summed E-state index contributed by atoms with van der Waals surface area (Å²) in [4.78, 5) is 2.39. The monoisotopic (exact) mass is 234 g/mol. The van der Waals surface area contributed by atoms with Gasteiger partial charge in [-0.05, 0) is 23.6 Å². The molecule has 1 aliphatic rings. The molecule has 2 rings (SSSR count). The molecule has 0 radical (unpaired) electrons. The maximum atomic E-state index is 5.53. The molecule has 3 nitrogen and oxygen atoms in total. The van der Waals surface area contributed by atoms with Crippen LogP contribution in [-0.2, 0) is 0 Å². The number of anilines is 1. The van der Waals surface area contributed by atoms with Gasteiger partial charge in [0.2, 0.25) is 0 Å². The highest BCUT2D eigenvalue weighted by Crippen LogP contribution is 2.31. The Kier molecular flexibility index (Phi) is 3.89. The number of nitrogens with zero attached hydrogens (tertiary/aromatic N) is 1. The summed E-state index contributed by atoms with van der Waals surface area (Å²) in [6, 6.07) is 6.58. The van der Waals surface area contributed by atoms with E-state index in [1.807, 2.05) is 0 Å². The third-order valence-corrected chi connectivity index (χ3v) is 3.33. The molecule has 0 aliphatic carbocycles. The van der Waals surface area contributed by atoms with E-state index in [1.165, 1.54) is 11.3 Å². The largest absolute Gasteiger partial charge is 0.495 e. The summed E-state index contributed by atoms with van der Waals surface area (Å²) in [5.41, 5.74) is 2.55. The van der Waals surface area contributed by atoms with Crippen molar-refractivity contribution in [1.29, 1.82) is 0 Å². The smallest absolute Gasteiger partial charge is 0.142 e.